The Hall–Kier alpha value is -1.37. The van der Waals surface area contributed by atoms with Crippen LogP contribution in [-0.4, -0.2) is 4.98 Å². The van der Waals surface area contributed by atoms with Gasteiger partial charge in [0.2, 0.25) is 0 Å². The van der Waals surface area contributed by atoms with Crippen LogP contribution in [-0.2, 0) is 32.1 Å². The van der Waals surface area contributed by atoms with E-state index < -0.39 is 0 Å². The van der Waals surface area contributed by atoms with Crippen molar-refractivity contribution in [1.29, 1.82) is 0 Å². The van der Waals surface area contributed by atoms with Crippen LogP contribution in [0.25, 0.3) is 10.9 Å². The molecule has 25 heavy (non-hydrogen) atoms. The molecule has 1 aromatic carbocycles. The van der Waals surface area contributed by atoms with Gasteiger partial charge in [-0.25, -0.2) is 0 Å². The zero-order valence-corrected chi connectivity index (χ0v) is 17.2. The summed E-state index contributed by atoms with van der Waals surface area (Å²) in [6, 6.07) is 4.66. The molecular formula is C24H37N. The molecule has 0 spiro atoms. The van der Waals surface area contributed by atoms with Gasteiger partial charge in [-0.2, -0.15) is 0 Å². The summed E-state index contributed by atoms with van der Waals surface area (Å²) in [5, 5.41) is 1.51. The number of rotatable bonds is 10. The third-order valence-corrected chi connectivity index (χ3v) is 5.16. The third kappa shape index (κ3) is 4.43. The molecule has 2 aromatic rings. The number of nitrogens with zero attached hydrogens (tertiary/aromatic N) is 1. The molecule has 0 amide bonds. The normalized spacial score (nSPS) is 11.4. The van der Waals surface area contributed by atoms with Gasteiger partial charge in [0.05, 0.1) is 5.52 Å². The van der Waals surface area contributed by atoms with Crippen LogP contribution in [0.3, 0.4) is 0 Å². The van der Waals surface area contributed by atoms with Gasteiger partial charge in [-0.15, -0.1) is 0 Å². The Bertz CT molecular complexity index is 684. The molecule has 2 rings (SSSR count). The molecule has 0 saturated carbocycles. The molecule has 138 valence electrons. The van der Waals surface area contributed by atoms with E-state index in [2.05, 4.69) is 46.8 Å². The van der Waals surface area contributed by atoms with Gasteiger partial charge in [-0.3, -0.25) is 4.98 Å². The van der Waals surface area contributed by atoms with Gasteiger partial charge in [0.15, 0.2) is 0 Å². The number of hydrogen-bond donors (Lipinski definition) is 0. The van der Waals surface area contributed by atoms with Crippen molar-refractivity contribution in [2.75, 3.05) is 0 Å². The Kier molecular flexibility index (Phi) is 7.93. The largest absolute Gasteiger partial charge is 0.253 e. The van der Waals surface area contributed by atoms with E-state index >= 15 is 0 Å². The van der Waals surface area contributed by atoms with Gasteiger partial charge >= 0.3 is 0 Å². The van der Waals surface area contributed by atoms with Gasteiger partial charge in [0.1, 0.15) is 0 Å². The first kappa shape index (κ1) is 19.9. The summed E-state index contributed by atoms with van der Waals surface area (Å²) in [6.45, 7) is 11.5. The van der Waals surface area contributed by atoms with E-state index in [0.717, 1.165) is 6.42 Å². The molecule has 0 aliphatic carbocycles. The molecule has 1 heterocycles. The van der Waals surface area contributed by atoms with E-state index in [-0.39, 0.29) is 0 Å². The lowest BCUT2D eigenvalue weighted by molar-refractivity contribution is 0.806. The molecule has 1 heteroatoms. The second kappa shape index (κ2) is 9.94. The van der Waals surface area contributed by atoms with Crippen LogP contribution in [0.5, 0.6) is 0 Å². The van der Waals surface area contributed by atoms with E-state index in [1.165, 1.54) is 74.4 Å². The molecular weight excluding hydrogens is 302 g/mol. The van der Waals surface area contributed by atoms with Crippen LogP contribution in [0, 0.1) is 0 Å². The minimum Gasteiger partial charge on any atom is -0.253 e. The lowest BCUT2D eigenvalue weighted by Crippen LogP contribution is -2.08. The Morgan fingerprint density at radius 1 is 0.600 bits per heavy atom. The van der Waals surface area contributed by atoms with Crippen LogP contribution in [0.4, 0.5) is 0 Å². The minimum atomic E-state index is 1.11. The number of aromatic nitrogens is 1. The maximum atomic E-state index is 5.17. The summed E-state index contributed by atoms with van der Waals surface area (Å²) in [6.07, 6.45) is 11.9. The van der Waals surface area contributed by atoms with Crippen molar-refractivity contribution in [2.45, 2.75) is 98.8 Å². The highest BCUT2D eigenvalue weighted by Crippen LogP contribution is 2.32. The first-order chi connectivity index (χ1) is 12.2. The Labute approximate surface area is 155 Å². The molecule has 0 aliphatic heterocycles. The van der Waals surface area contributed by atoms with Crippen LogP contribution >= 0.6 is 0 Å². The summed E-state index contributed by atoms with van der Waals surface area (Å²) in [4.78, 5) is 5.17. The van der Waals surface area contributed by atoms with E-state index in [9.17, 15) is 0 Å². The topological polar surface area (TPSA) is 12.9 Å². The first-order valence-corrected chi connectivity index (χ1v) is 10.7. The molecule has 0 fully saturated rings. The Morgan fingerprint density at radius 2 is 1.16 bits per heavy atom. The summed E-state index contributed by atoms with van der Waals surface area (Å²) in [5.41, 5.74) is 8.96. The fraction of sp³-hybridized carbons (Fsp3) is 0.625. The summed E-state index contributed by atoms with van der Waals surface area (Å²) < 4.78 is 0. The number of benzene rings is 1. The smallest absolute Gasteiger partial charge is 0.0711 e. The highest BCUT2D eigenvalue weighted by molar-refractivity contribution is 5.88. The molecule has 1 aromatic heterocycles. The second-order valence-electron chi connectivity index (χ2n) is 7.36. The van der Waals surface area contributed by atoms with Gasteiger partial charge in [0.25, 0.3) is 0 Å². The molecule has 0 radical (unpaired) electrons. The second-order valence-corrected chi connectivity index (χ2v) is 7.36. The standard InChI is InChI=1S/C24H37N/c1-6-11-18-16-17-23-24(19(18)12-7-2)21(14-9-4)20(13-8-3)22(25-23)15-10-5/h16-17H,6-15H2,1-5H3. The number of fused-ring (bicyclic) bond motifs is 1. The number of aryl methyl sites for hydroxylation is 4. The fourth-order valence-corrected chi connectivity index (χ4v) is 4.20. The van der Waals surface area contributed by atoms with Gasteiger partial charge in [0, 0.05) is 11.1 Å². The monoisotopic (exact) mass is 339 g/mol. The summed E-state index contributed by atoms with van der Waals surface area (Å²) in [7, 11) is 0. The molecule has 0 aliphatic rings. The minimum absolute atomic E-state index is 1.11. The molecule has 1 nitrogen and oxygen atoms in total. The summed E-state index contributed by atoms with van der Waals surface area (Å²) >= 11 is 0. The van der Waals surface area contributed by atoms with Gasteiger partial charge < -0.3 is 0 Å². The van der Waals surface area contributed by atoms with Crippen molar-refractivity contribution < 1.29 is 0 Å². The Morgan fingerprint density at radius 3 is 1.76 bits per heavy atom. The van der Waals surface area contributed by atoms with Crippen molar-refractivity contribution in [3.8, 4) is 0 Å². The van der Waals surface area contributed by atoms with Crippen LogP contribution in [0.1, 0.15) is 94.7 Å². The van der Waals surface area contributed by atoms with Crippen LogP contribution in [0.2, 0.25) is 0 Å². The molecule has 0 atom stereocenters. The van der Waals surface area contributed by atoms with Gasteiger partial charge in [-0.05, 0) is 60.4 Å². The molecule has 0 saturated heterocycles. The van der Waals surface area contributed by atoms with Crippen LogP contribution in [0.15, 0.2) is 12.1 Å². The zero-order valence-electron chi connectivity index (χ0n) is 17.2. The highest BCUT2D eigenvalue weighted by atomic mass is 14.7. The first-order valence-electron chi connectivity index (χ1n) is 10.7. The van der Waals surface area contributed by atoms with Gasteiger partial charge in [-0.1, -0.05) is 72.8 Å². The average molecular weight is 340 g/mol. The van der Waals surface area contributed by atoms with Crippen molar-refractivity contribution in [1.82, 2.24) is 4.98 Å². The Balaban J connectivity index is 2.83. The lowest BCUT2D eigenvalue weighted by Gasteiger charge is -2.21. The lowest BCUT2D eigenvalue weighted by atomic mass is 9.87. The van der Waals surface area contributed by atoms with Crippen molar-refractivity contribution in [3.05, 3.63) is 40.1 Å². The molecule has 0 unspecified atom stereocenters. The maximum absolute atomic E-state index is 5.17. The van der Waals surface area contributed by atoms with Crippen molar-refractivity contribution in [2.24, 2.45) is 0 Å². The third-order valence-electron chi connectivity index (χ3n) is 5.16. The predicted octanol–water partition coefficient (Wildman–Crippen LogP) is 7.00. The maximum Gasteiger partial charge on any atom is 0.0711 e. The molecule has 0 N–H and O–H groups in total. The number of hydrogen-bond acceptors (Lipinski definition) is 1. The number of pyridine rings is 1. The van der Waals surface area contributed by atoms with E-state index in [4.69, 9.17) is 4.98 Å². The fourth-order valence-electron chi connectivity index (χ4n) is 4.20. The zero-order chi connectivity index (χ0) is 18.2. The van der Waals surface area contributed by atoms with Crippen molar-refractivity contribution >= 4 is 10.9 Å². The SMILES string of the molecule is CCCc1ccc2nc(CCC)c(CCC)c(CCC)c2c1CCC. The van der Waals surface area contributed by atoms with Crippen LogP contribution < -0.4 is 0 Å². The average Bonchev–Trinajstić information content (AvgIpc) is 2.60. The highest BCUT2D eigenvalue weighted by Gasteiger charge is 2.17. The van der Waals surface area contributed by atoms with Crippen molar-refractivity contribution in [3.63, 3.8) is 0 Å². The quantitative estimate of drug-likeness (QED) is 0.454. The summed E-state index contributed by atoms with van der Waals surface area (Å²) in [5.74, 6) is 0. The predicted molar refractivity (Wildman–Crippen MR) is 112 cm³/mol. The molecule has 0 bridgehead atoms. The van der Waals surface area contributed by atoms with E-state index in [1.807, 2.05) is 0 Å². The van der Waals surface area contributed by atoms with E-state index in [0.29, 0.717) is 0 Å². The van der Waals surface area contributed by atoms with E-state index in [1.54, 1.807) is 22.3 Å².